The Bertz CT molecular complexity index is 403. The van der Waals surface area contributed by atoms with Crippen LogP contribution in [-0.4, -0.2) is 26.7 Å². The Hall–Kier alpha value is -0.930. The highest BCUT2D eigenvalue weighted by atomic mass is 35.5. The van der Waals surface area contributed by atoms with Gasteiger partial charge in [-0.2, -0.15) is 0 Å². The van der Waals surface area contributed by atoms with Gasteiger partial charge in [0.25, 0.3) is 0 Å². The van der Waals surface area contributed by atoms with Crippen molar-refractivity contribution in [3.63, 3.8) is 0 Å². The molecule has 0 aromatic heterocycles. The lowest BCUT2D eigenvalue weighted by Gasteiger charge is -2.24. The van der Waals surface area contributed by atoms with E-state index in [0.717, 1.165) is 41.7 Å². The van der Waals surface area contributed by atoms with Gasteiger partial charge in [0.1, 0.15) is 5.75 Å². The molecule has 0 radical (unpaired) electrons. The van der Waals surface area contributed by atoms with Crippen LogP contribution in [-0.2, 0) is 0 Å². The molecule has 1 heterocycles. The van der Waals surface area contributed by atoms with Crippen molar-refractivity contribution in [2.45, 2.75) is 19.8 Å². The van der Waals surface area contributed by atoms with Gasteiger partial charge < -0.3 is 15.4 Å². The van der Waals surface area contributed by atoms with Crippen LogP contribution in [0.25, 0.3) is 0 Å². The first kappa shape index (κ1) is 13.5. The van der Waals surface area contributed by atoms with Crippen LogP contribution >= 0.6 is 11.6 Å². The third-order valence-electron chi connectivity index (χ3n) is 3.46. The molecule has 0 aliphatic carbocycles. The molecule has 4 heteroatoms. The number of rotatable bonds is 4. The van der Waals surface area contributed by atoms with Crippen LogP contribution in [0.4, 0.5) is 5.69 Å². The maximum Gasteiger partial charge on any atom is 0.143 e. The van der Waals surface area contributed by atoms with Crippen molar-refractivity contribution in [1.82, 2.24) is 5.32 Å². The predicted octanol–water partition coefficient (Wildman–Crippen LogP) is 3.07. The topological polar surface area (TPSA) is 33.3 Å². The van der Waals surface area contributed by atoms with Crippen molar-refractivity contribution in [3.05, 3.63) is 22.7 Å². The number of hydrogen-bond acceptors (Lipinski definition) is 3. The van der Waals surface area contributed by atoms with E-state index >= 15 is 0 Å². The lowest BCUT2D eigenvalue weighted by molar-refractivity contribution is 0.390. The smallest absolute Gasteiger partial charge is 0.143 e. The van der Waals surface area contributed by atoms with Gasteiger partial charge in [0, 0.05) is 17.6 Å². The molecule has 1 aliphatic heterocycles. The van der Waals surface area contributed by atoms with E-state index in [9.17, 15) is 0 Å². The predicted molar refractivity (Wildman–Crippen MR) is 76.8 cm³/mol. The van der Waals surface area contributed by atoms with Gasteiger partial charge in [-0.05, 0) is 50.4 Å². The lowest BCUT2D eigenvalue weighted by atomic mass is 9.99. The first-order valence-electron chi connectivity index (χ1n) is 6.49. The molecule has 2 rings (SSSR count). The number of ether oxygens (including phenoxy) is 1. The molecule has 0 amide bonds. The summed E-state index contributed by atoms with van der Waals surface area (Å²) in [6, 6.07) is 3.93. The second-order valence-electron chi connectivity index (χ2n) is 4.89. The monoisotopic (exact) mass is 268 g/mol. The van der Waals surface area contributed by atoms with Crippen LogP contribution in [0.3, 0.4) is 0 Å². The molecule has 2 N–H and O–H groups in total. The molecule has 3 nitrogen and oxygen atoms in total. The minimum atomic E-state index is 0.694. The molecular formula is C14H21ClN2O. The first-order chi connectivity index (χ1) is 8.70. The SMILES string of the molecule is COc1cc(Cl)c(C)cc1NCC1CCCNC1. The number of piperidine rings is 1. The summed E-state index contributed by atoms with van der Waals surface area (Å²) in [6.07, 6.45) is 2.55. The Kier molecular flexibility index (Phi) is 4.72. The zero-order chi connectivity index (χ0) is 13.0. The van der Waals surface area contributed by atoms with Crippen LogP contribution in [0, 0.1) is 12.8 Å². The average molecular weight is 269 g/mol. The molecule has 1 saturated heterocycles. The van der Waals surface area contributed by atoms with Crippen molar-refractivity contribution in [2.75, 3.05) is 32.1 Å². The molecule has 1 aliphatic rings. The van der Waals surface area contributed by atoms with E-state index in [4.69, 9.17) is 16.3 Å². The van der Waals surface area contributed by atoms with Crippen molar-refractivity contribution in [3.8, 4) is 5.75 Å². The van der Waals surface area contributed by atoms with E-state index in [0.29, 0.717) is 5.92 Å². The number of aryl methyl sites for hydroxylation is 1. The lowest BCUT2D eigenvalue weighted by Crippen LogP contribution is -2.33. The van der Waals surface area contributed by atoms with Gasteiger partial charge in [-0.3, -0.25) is 0 Å². The minimum Gasteiger partial charge on any atom is -0.495 e. The summed E-state index contributed by atoms with van der Waals surface area (Å²) in [6.45, 7) is 5.24. The Balaban J connectivity index is 2.01. The van der Waals surface area contributed by atoms with Gasteiger partial charge in [0.05, 0.1) is 12.8 Å². The summed E-state index contributed by atoms with van der Waals surface area (Å²) in [4.78, 5) is 0. The van der Waals surface area contributed by atoms with Crippen molar-refractivity contribution in [1.29, 1.82) is 0 Å². The molecule has 0 saturated carbocycles. The summed E-state index contributed by atoms with van der Waals surface area (Å²) < 4.78 is 5.36. The number of hydrogen-bond donors (Lipinski definition) is 2. The Morgan fingerprint density at radius 2 is 2.33 bits per heavy atom. The van der Waals surface area contributed by atoms with Gasteiger partial charge >= 0.3 is 0 Å². The highest BCUT2D eigenvalue weighted by Gasteiger charge is 2.14. The van der Waals surface area contributed by atoms with Crippen molar-refractivity contribution in [2.24, 2.45) is 5.92 Å². The molecule has 1 aromatic rings. The average Bonchev–Trinajstić information content (AvgIpc) is 2.41. The number of anilines is 1. The standard InChI is InChI=1S/C14H21ClN2O/c1-10-6-13(14(18-2)7-12(10)15)17-9-11-4-3-5-16-8-11/h6-7,11,16-17H,3-5,8-9H2,1-2H3. The van der Waals surface area contributed by atoms with Crippen molar-refractivity contribution < 1.29 is 4.74 Å². The van der Waals surface area contributed by atoms with Crippen LogP contribution < -0.4 is 15.4 Å². The van der Waals surface area contributed by atoms with Crippen molar-refractivity contribution >= 4 is 17.3 Å². The minimum absolute atomic E-state index is 0.694. The Labute approximate surface area is 114 Å². The van der Waals surface area contributed by atoms with Gasteiger partial charge in [-0.25, -0.2) is 0 Å². The van der Waals surface area contributed by atoms with E-state index in [1.54, 1.807) is 7.11 Å². The highest BCUT2D eigenvalue weighted by molar-refractivity contribution is 6.31. The molecule has 0 bridgehead atoms. The quantitative estimate of drug-likeness (QED) is 0.881. The van der Waals surface area contributed by atoms with Crippen LogP contribution in [0.15, 0.2) is 12.1 Å². The molecule has 1 unspecified atom stereocenters. The molecule has 18 heavy (non-hydrogen) atoms. The van der Waals surface area contributed by atoms with E-state index in [1.165, 1.54) is 12.8 Å². The number of halogens is 1. The maximum absolute atomic E-state index is 6.10. The van der Waals surface area contributed by atoms with Gasteiger partial charge in [0.15, 0.2) is 0 Å². The fraction of sp³-hybridized carbons (Fsp3) is 0.571. The van der Waals surface area contributed by atoms with Crippen LogP contribution in [0.1, 0.15) is 18.4 Å². The fourth-order valence-electron chi connectivity index (χ4n) is 2.32. The van der Waals surface area contributed by atoms with E-state index in [2.05, 4.69) is 16.7 Å². The number of methoxy groups -OCH3 is 1. The molecule has 0 spiro atoms. The third kappa shape index (κ3) is 3.30. The molecule has 100 valence electrons. The zero-order valence-corrected chi connectivity index (χ0v) is 11.8. The largest absolute Gasteiger partial charge is 0.495 e. The fourth-order valence-corrected chi connectivity index (χ4v) is 2.48. The summed E-state index contributed by atoms with van der Waals surface area (Å²) in [5, 5.41) is 7.65. The maximum atomic E-state index is 6.10. The van der Waals surface area contributed by atoms with Gasteiger partial charge in [-0.15, -0.1) is 0 Å². The zero-order valence-electron chi connectivity index (χ0n) is 11.1. The summed E-state index contributed by atoms with van der Waals surface area (Å²) in [5.74, 6) is 1.51. The first-order valence-corrected chi connectivity index (χ1v) is 6.87. The van der Waals surface area contributed by atoms with E-state index in [1.807, 2.05) is 13.0 Å². The number of benzene rings is 1. The Morgan fingerprint density at radius 1 is 1.50 bits per heavy atom. The van der Waals surface area contributed by atoms with Crippen LogP contribution in [0.2, 0.25) is 5.02 Å². The molecule has 1 aromatic carbocycles. The molecule has 1 fully saturated rings. The van der Waals surface area contributed by atoms with Gasteiger partial charge in [-0.1, -0.05) is 11.6 Å². The summed E-state index contributed by atoms with van der Waals surface area (Å²) >= 11 is 6.10. The summed E-state index contributed by atoms with van der Waals surface area (Å²) in [7, 11) is 1.67. The molecular weight excluding hydrogens is 248 g/mol. The van der Waals surface area contributed by atoms with Crippen LogP contribution in [0.5, 0.6) is 5.75 Å². The second kappa shape index (κ2) is 6.30. The second-order valence-corrected chi connectivity index (χ2v) is 5.30. The Morgan fingerprint density at radius 3 is 3.00 bits per heavy atom. The normalized spacial score (nSPS) is 19.6. The third-order valence-corrected chi connectivity index (χ3v) is 3.87. The van der Waals surface area contributed by atoms with Gasteiger partial charge in [0.2, 0.25) is 0 Å². The highest BCUT2D eigenvalue weighted by Crippen LogP contribution is 2.31. The van der Waals surface area contributed by atoms with E-state index < -0.39 is 0 Å². The number of nitrogens with one attached hydrogen (secondary N) is 2. The van der Waals surface area contributed by atoms with E-state index in [-0.39, 0.29) is 0 Å². The molecule has 1 atom stereocenters. The summed E-state index contributed by atoms with van der Waals surface area (Å²) in [5.41, 5.74) is 2.10.